The number of ether oxygens (including phenoxy) is 2. The second-order valence-corrected chi connectivity index (χ2v) is 20.6. The van der Waals surface area contributed by atoms with E-state index in [1.54, 1.807) is 0 Å². The number of aliphatic hydroxyl groups excluding tert-OH is 5. The lowest BCUT2D eigenvalue weighted by Crippen LogP contribution is -2.64. The first-order chi connectivity index (χ1) is 32.4. The van der Waals surface area contributed by atoms with Gasteiger partial charge in [0.25, 0.3) is 0 Å². The van der Waals surface area contributed by atoms with Crippen molar-refractivity contribution in [3.63, 3.8) is 0 Å². The van der Waals surface area contributed by atoms with Crippen LogP contribution >= 0.6 is 7.82 Å². The van der Waals surface area contributed by atoms with Crippen LogP contribution in [0, 0.1) is 0 Å². The molecule has 394 valence electrons. The summed E-state index contributed by atoms with van der Waals surface area (Å²) in [7, 11) is -5.13. The van der Waals surface area contributed by atoms with Gasteiger partial charge in [-0.05, 0) is 44.9 Å². The molecule has 1 rings (SSSR count). The molecule has 1 aliphatic rings. The third-order valence-electron chi connectivity index (χ3n) is 12.9. The molecular formula is C53H99O13P. The molecule has 0 saturated heterocycles. The molecule has 0 amide bonds. The molecule has 0 radical (unpaired) electrons. The standard InChI is InChI=1S/C53H99O13P/c1-3-5-7-9-11-13-15-17-19-20-21-22-23-24-25-26-28-30-32-34-36-38-40-42-47(55)65-45(44-64-67(61,62)66-53-51(59)49(57)48(56)50(58)52(53)60)43-63-46(54)41-39-37-35-33-31-29-27-18-16-14-12-10-8-6-4-2/h4,34,36,45,48-53,56-60H,2-3,5-33,35,37-44H2,1H3,(H,61,62)/b36-34+/t45-,48?,49-,50?,51?,52?,53?/m1/s1. The molecule has 0 aromatic heterocycles. The van der Waals surface area contributed by atoms with Crippen molar-refractivity contribution in [2.45, 2.75) is 287 Å². The Bertz CT molecular complexity index is 1250. The smallest absolute Gasteiger partial charge is 0.462 e. The minimum atomic E-state index is -5.13. The second kappa shape index (κ2) is 43.1. The molecule has 1 saturated carbocycles. The first-order valence-corrected chi connectivity index (χ1v) is 28.6. The number of carbonyl (C=O) groups excluding carboxylic acids is 2. The fourth-order valence-electron chi connectivity index (χ4n) is 8.57. The molecule has 1 aliphatic carbocycles. The minimum Gasteiger partial charge on any atom is -0.462 e. The summed E-state index contributed by atoms with van der Waals surface area (Å²) in [5, 5.41) is 50.3. The summed E-state index contributed by atoms with van der Waals surface area (Å²) in [5.74, 6) is -1.13. The van der Waals surface area contributed by atoms with E-state index in [1.165, 1.54) is 167 Å². The van der Waals surface area contributed by atoms with Crippen LogP contribution < -0.4 is 0 Å². The van der Waals surface area contributed by atoms with Gasteiger partial charge in [0.15, 0.2) is 6.10 Å². The number of aliphatic hydroxyl groups is 5. The van der Waals surface area contributed by atoms with Crippen molar-refractivity contribution >= 4 is 19.8 Å². The zero-order valence-corrected chi connectivity index (χ0v) is 42.9. The van der Waals surface area contributed by atoms with Gasteiger partial charge in [-0.25, -0.2) is 4.57 Å². The highest BCUT2D eigenvalue weighted by Crippen LogP contribution is 2.47. The van der Waals surface area contributed by atoms with Crippen LogP contribution in [-0.2, 0) is 32.7 Å². The van der Waals surface area contributed by atoms with Gasteiger partial charge in [0.05, 0.1) is 6.61 Å². The van der Waals surface area contributed by atoms with Crippen molar-refractivity contribution < 1.29 is 63.1 Å². The summed E-state index contributed by atoms with van der Waals surface area (Å²) >= 11 is 0. The quantitative estimate of drug-likeness (QED) is 0.0145. The Morgan fingerprint density at radius 1 is 0.493 bits per heavy atom. The second-order valence-electron chi connectivity index (χ2n) is 19.2. The Morgan fingerprint density at radius 2 is 0.851 bits per heavy atom. The fourth-order valence-corrected chi connectivity index (χ4v) is 9.54. The van der Waals surface area contributed by atoms with E-state index >= 15 is 0 Å². The fraction of sp³-hybridized carbons (Fsp3) is 0.887. The minimum absolute atomic E-state index is 0.0518. The number of allylic oxidation sites excluding steroid dienone is 3. The van der Waals surface area contributed by atoms with Crippen LogP contribution in [0.2, 0.25) is 0 Å². The topological polar surface area (TPSA) is 210 Å². The van der Waals surface area contributed by atoms with Crippen LogP contribution in [-0.4, -0.2) is 98.3 Å². The molecule has 13 nitrogen and oxygen atoms in total. The highest BCUT2D eigenvalue weighted by molar-refractivity contribution is 7.47. The molecule has 14 heteroatoms. The summed E-state index contributed by atoms with van der Waals surface area (Å²) in [6, 6.07) is 0. The molecule has 0 aromatic rings. The van der Waals surface area contributed by atoms with Crippen LogP contribution in [0.1, 0.15) is 244 Å². The maximum absolute atomic E-state index is 12.9. The third kappa shape index (κ3) is 35.1. The van der Waals surface area contributed by atoms with Crippen molar-refractivity contribution in [2.75, 3.05) is 13.2 Å². The summed E-state index contributed by atoms with van der Waals surface area (Å²) < 4.78 is 33.6. The number of unbranched alkanes of at least 4 members (excludes halogenated alkanes) is 32. The van der Waals surface area contributed by atoms with Gasteiger partial charge in [-0.15, -0.1) is 6.58 Å². The summed E-state index contributed by atoms with van der Waals surface area (Å²) in [5.41, 5.74) is 0. The van der Waals surface area contributed by atoms with Crippen LogP contribution in [0.4, 0.5) is 0 Å². The summed E-state index contributed by atoms with van der Waals surface area (Å²) in [6.45, 7) is 4.85. The predicted molar refractivity (Wildman–Crippen MR) is 267 cm³/mol. The van der Waals surface area contributed by atoms with Crippen LogP contribution in [0.5, 0.6) is 0 Å². The Hall–Kier alpha value is -1.67. The van der Waals surface area contributed by atoms with Gasteiger partial charge in [-0.1, -0.05) is 205 Å². The van der Waals surface area contributed by atoms with E-state index in [1.807, 2.05) is 6.08 Å². The Labute approximate surface area is 406 Å². The number of phosphoric ester groups is 1. The molecule has 1 fully saturated rings. The maximum Gasteiger partial charge on any atom is 0.472 e. The number of hydrogen-bond donors (Lipinski definition) is 6. The van der Waals surface area contributed by atoms with E-state index in [2.05, 4.69) is 25.7 Å². The SMILES string of the molecule is C=CCCCCCCCCCCCCCCCC(=O)OC[C@H](COP(=O)(O)OC1C(O)C(O)C(O)[C@@H](O)C1O)OC(=O)CCC/C=C/CCCCCCCCCCCCCCCCCCCC. The number of carbonyl (C=O) groups is 2. The van der Waals surface area contributed by atoms with E-state index in [4.69, 9.17) is 18.5 Å². The van der Waals surface area contributed by atoms with Gasteiger partial charge in [-0.2, -0.15) is 0 Å². The molecule has 8 atom stereocenters. The molecule has 6 unspecified atom stereocenters. The molecule has 0 aromatic carbocycles. The Morgan fingerprint density at radius 3 is 1.28 bits per heavy atom. The van der Waals surface area contributed by atoms with Gasteiger partial charge >= 0.3 is 19.8 Å². The molecule has 0 heterocycles. The Balaban J connectivity index is 2.35. The van der Waals surface area contributed by atoms with Crippen LogP contribution in [0.25, 0.3) is 0 Å². The monoisotopic (exact) mass is 975 g/mol. The van der Waals surface area contributed by atoms with Crippen molar-refractivity contribution in [3.8, 4) is 0 Å². The van der Waals surface area contributed by atoms with Crippen LogP contribution in [0.15, 0.2) is 24.8 Å². The van der Waals surface area contributed by atoms with Gasteiger partial charge in [0.2, 0.25) is 0 Å². The average Bonchev–Trinajstić information content (AvgIpc) is 3.31. The van der Waals surface area contributed by atoms with Gasteiger partial charge < -0.3 is 39.9 Å². The molecule has 0 spiro atoms. The molecule has 6 N–H and O–H groups in total. The first-order valence-electron chi connectivity index (χ1n) is 27.1. The normalized spacial score (nSPS) is 21.1. The Kier molecular flexibility index (Phi) is 40.8. The van der Waals surface area contributed by atoms with E-state index in [0.717, 1.165) is 38.5 Å². The number of phosphoric acid groups is 1. The molecule has 67 heavy (non-hydrogen) atoms. The highest BCUT2D eigenvalue weighted by Gasteiger charge is 2.51. The number of esters is 2. The zero-order chi connectivity index (χ0) is 49.2. The van der Waals surface area contributed by atoms with Crippen molar-refractivity contribution in [3.05, 3.63) is 24.8 Å². The van der Waals surface area contributed by atoms with Gasteiger partial charge in [0.1, 0.15) is 43.2 Å². The van der Waals surface area contributed by atoms with Gasteiger partial charge in [-0.3, -0.25) is 18.6 Å². The van der Waals surface area contributed by atoms with E-state index in [9.17, 15) is 44.6 Å². The van der Waals surface area contributed by atoms with Crippen molar-refractivity contribution in [1.82, 2.24) is 0 Å². The predicted octanol–water partition coefficient (Wildman–Crippen LogP) is 12.0. The largest absolute Gasteiger partial charge is 0.472 e. The maximum atomic E-state index is 12.9. The summed E-state index contributed by atoms with van der Waals surface area (Å²) in [6.07, 6.45) is 35.6. The van der Waals surface area contributed by atoms with Crippen LogP contribution in [0.3, 0.4) is 0 Å². The van der Waals surface area contributed by atoms with E-state index < -0.39 is 75.7 Å². The number of hydrogen-bond acceptors (Lipinski definition) is 12. The van der Waals surface area contributed by atoms with Crippen molar-refractivity contribution in [2.24, 2.45) is 0 Å². The lowest BCUT2D eigenvalue weighted by molar-refractivity contribution is -0.220. The van der Waals surface area contributed by atoms with Crippen molar-refractivity contribution in [1.29, 1.82) is 0 Å². The molecule has 0 aliphatic heterocycles. The first kappa shape index (κ1) is 63.3. The lowest BCUT2D eigenvalue weighted by Gasteiger charge is -2.41. The molecule has 0 bridgehead atoms. The highest BCUT2D eigenvalue weighted by atomic mass is 31.2. The van der Waals surface area contributed by atoms with E-state index in [0.29, 0.717) is 19.3 Å². The van der Waals surface area contributed by atoms with Gasteiger partial charge in [0, 0.05) is 12.8 Å². The summed E-state index contributed by atoms with van der Waals surface area (Å²) in [4.78, 5) is 35.8. The zero-order valence-electron chi connectivity index (χ0n) is 42.0. The average molecular weight is 975 g/mol. The van der Waals surface area contributed by atoms with E-state index in [-0.39, 0.29) is 12.8 Å². The lowest BCUT2D eigenvalue weighted by atomic mass is 9.85. The third-order valence-corrected chi connectivity index (χ3v) is 13.9. The molecular weight excluding hydrogens is 876 g/mol. The number of rotatable bonds is 47.